The van der Waals surface area contributed by atoms with Crippen LogP contribution >= 0.6 is 22.7 Å². The van der Waals surface area contributed by atoms with Gasteiger partial charge in [-0.1, -0.05) is 35.6 Å². The van der Waals surface area contributed by atoms with Gasteiger partial charge in [0.05, 0.1) is 4.88 Å². The first-order valence-electron chi connectivity index (χ1n) is 5.49. The summed E-state index contributed by atoms with van der Waals surface area (Å²) in [5.41, 5.74) is 5.03. The van der Waals surface area contributed by atoms with Crippen molar-refractivity contribution < 1.29 is 21.5 Å². The largest absolute Gasteiger partial charge is 1.00 e. The van der Waals surface area contributed by atoms with Crippen LogP contribution in [0.5, 0.6) is 0 Å². The lowest BCUT2D eigenvalue weighted by atomic mass is 10.3. The molecule has 0 spiro atoms. The van der Waals surface area contributed by atoms with E-state index in [2.05, 4.69) is 45.0 Å². The van der Waals surface area contributed by atoms with E-state index in [1.54, 1.807) is 22.7 Å². The topological polar surface area (TPSA) is 41.9 Å². The smallest absolute Gasteiger partial charge is 0.357 e. The first-order chi connectivity index (χ1) is 8.90. The summed E-state index contributed by atoms with van der Waals surface area (Å²) in [6, 6.07) is 14.4. The lowest BCUT2D eigenvalue weighted by molar-refractivity contribution is -0.563. The van der Waals surface area contributed by atoms with Gasteiger partial charge < -0.3 is 17.0 Å². The number of nitrogens with one attached hydrogen (secondary N) is 1. The van der Waals surface area contributed by atoms with Gasteiger partial charge in [0.1, 0.15) is 5.69 Å². The Balaban J connectivity index is 0.00000133. The molecule has 3 nitrogen and oxygen atoms in total. The number of benzene rings is 1. The lowest BCUT2D eigenvalue weighted by Gasteiger charge is -2.02. The number of halogens is 1. The van der Waals surface area contributed by atoms with E-state index in [4.69, 9.17) is 5.84 Å². The first kappa shape index (κ1) is 14.2. The Kier molecular flexibility index (Phi) is 4.71. The molecule has 0 aliphatic carbocycles. The van der Waals surface area contributed by atoms with Crippen LogP contribution in [0.3, 0.4) is 0 Å². The fourth-order valence-electron chi connectivity index (χ4n) is 1.85. The average molecular weight is 354 g/mol. The molecule has 2 aromatic heterocycles. The van der Waals surface area contributed by atoms with Gasteiger partial charge in [0.2, 0.25) is 0 Å². The minimum absolute atomic E-state index is 0. The van der Waals surface area contributed by atoms with Gasteiger partial charge in [-0.2, -0.15) is 15.8 Å². The van der Waals surface area contributed by atoms with Gasteiger partial charge >= 0.3 is 5.13 Å². The number of hydrogen-bond acceptors (Lipinski definition) is 4. The number of thiophene rings is 1. The van der Waals surface area contributed by atoms with E-state index in [-0.39, 0.29) is 17.0 Å². The van der Waals surface area contributed by atoms with Crippen LogP contribution in [0.25, 0.3) is 16.3 Å². The van der Waals surface area contributed by atoms with Gasteiger partial charge in [-0.3, -0.25) is 0 Å². The molecule has 0 unspecified atom stereocenters. The zero-order valence-corrected chi connectivity index (χ0v) is 13.1. The predicted octanol–water partition coefficient (Wildman–Crippen LogP) is 0.0429. The summed E-state index contributed by atoms with van der Waals surface area (Å²) < 4.78 is 2.14. The highest BCUT2D eigenvalue weighted by molar-refractivity contribution is 7.15. The van der Waals surface area contributed by atoms with Crippen LogP contribution in [-0.2, 0) is 0 Å². The molecule has 0 saturated carbocycles. The number of nitrogens with two attached hydrogens (primary N) is 1. The molecule has 3 aromatic rings. The Hall–Kier alpha value is -1.21. The monoisotopic (exact) mass is 353 g/mol. The summed E-state index contributed by atoms with van der Waals surface area (Å²) in [6.45, 7) is 0. The molecule has 0 aliphatic rings. The molecule has 2 heterocycles. The van der Waals surface area contributed by atoms with E-state index in [0.717, 1.165) is 16.5 Å². The van der Waals surface area contributed by atoms with Gasteiger partial charge in [0, 0.05) is 5.38 Å². The summed E-state index contributed by atoms with van der Waals surface area (Å²) in [7, 11) is 0. The van der Waals surface area contributed by atoms with Crippen molar-refractivity contribution in [1.82, 2.24) is 0 Å². The third-order valence-electron chi connectivity index (χ3n) is 2.64. The molecule has 3 N–H and O–H groups in total. The zero-order chi connectivity index (χ0) is 12.4. The van der Waals surface area contributed by atoms with Crippen molar-refractivity contribution >= 4 is 27.8 Å². The van der Waals surface area contributed by atoms with E-state index >= 15 is 0 Å². The zero-order valence-electron chi connectivity index (χ0n) is 9.92. The Morgan fingerprint density at radius 1 is 1.00 bits per heavy atom. The van der Waals surface area contributed by atoms with E-state index < -0.39 is 0 Å². The highest BCUT2D eigenvalue weighted by Crippen LogP contribution is 2.28. The molecule has 98 valence electrons. The normalized spacial score (nSPS) is 9.95. The molecule has 0 fully saturated rings. The molecule has 0 amide bonds. The number of nitrogen functional groups attached to an aromatic ring is 1. The molecule has 0 bridgehead atoms. The maximum atomic E-state index is 5.60. The standard InChI is InChI=1S/C13H11N3S2.BrH/c14-15-13-16(10-5-2-1-3-6-10)11(9-18-13)12-7-4-8-17-12;/h1-9H,14H2;1H. The molecule has 0 radical (unpaired) electrons. The van der Waals surface area contributed by atoms with Crippen LogP contribution in [0, 0.1) is 0 Å². The summed E-state index contributed by atoms with van der Waals surface area (Å²) in [5, 5.41) is 5.12. The van der Waals surface area contributed by atoms with Gasteiger partial charge in [-0.25, -0.2) is 0 Å². The number of aromatic nitrogens is 1. The minimum Gasteiger partial charge on any atom is -1.00 e. The Labute approximate surface area is 130 Å². The van der Waals surface area contributed by atoms with Gasteiger partial charge in [0.15, 0.2) is 5.69 Å². The quantitative estimate of drug-likeness (QED) is 0.396. The Morgan fingerprint density at radius 2 is 1.79 bits per heavy atom. The minimum atomic E-state index is 0. The third-order valence-corrected chi connectivity index (χ3v) is 4.39. The summed E-state index contributed by atoms with van der Waals surface area (Å²) >= 11 is 3.33. The predicted molar refractivity (Wildman–Crippen MR) is 77.0 cm³/mol. The van der Waals surface area contributed by atoms with Crippen molar-refractivity contribution in [3.8, 4) is 16.3 Å². The van der Waals surface area contributed by atoms with Crippen molar-refractivity contribution in [2.75, 3.05) is 5.43 Å². The van der Waals surface area contributed by atoms with Crippen LogP contribution in [0.1, 0.15) is 0 Å². The SMILES string of the molecule is NNc1scc(-c2cccs2)[n+]1-c1ccccc1.[Br-]. The fourth-order valence-corrected chi connectivity index (χ4v) is 3.49. The maximum absolute atomic E-state index is 5.60. The number of rotatable bonds is 3. The van der Waals surface area contributed by atoms with E-state index in [0.29, 0.717) is 0 Å². The number of hydrazine groups is 1. The molecular weight excluding hydrogens is 342 g/mol. The highest BCUT2D eigenvalue weighted by Gasteiger charge is 2.20. The van der Waals surface area contributed by atoms with Crippen molar-refractivity contribution in [1.29, 1.82) is 0 Å². The Bertz CT molecular complexity index is 635. The van der Waals surface area contributed by atoms with Crippen LogP contribution in [0.2, 0.25) is 0 Å². The summed E-state index contributed by atoms with van der Waals surface area (Å²) in [4.78, 5) is 1.23. The second-order valence-corrected chi connectivity index (χ2v) is 5.52. The van der Waals surface area contributed by atoms with Crippen LogP contribution in [0.4, 0.5) is 5.13 Å². The molecule has 6 heteroatoms. The van der Waals surface area contributed by atoms with Crippen LogP contribution in [-0.4, -0.2) is 0 Å². The maximum Gasteiger partial charge on any atom is 0.357 e. The highest BCUT2D eigenvalue weighted by atomic mass is 79.9. The molecule has 19 heavy (non-hydrogen) atoms. The number of thiazole rings is 1. The number of hydrogen-bond donors (Lipinski definition) is 2. The second-order valence-electron chi connectivity index (χ2n) is 3.72. The first-order valence-corrected chi connectivity index (χ1v) is 7.25. The van der Waals surface area contributed by atoms with Crippen molar-refractivity contribution in [3.05, 3.63) is 53.2 Å². The van der Waals surface area contributed by atoms with E-state index in [9.17, 15) is 0 Å². The molecule has 0 saturated heterocycles. The Morgan fingerprint density at radius 3 is 2.42 bits per heavy atom. The van der Waals surface area contributed by atoms with Crippen LogP contribution in [0.15, 0.2) is 53.2 Å². The van der Waals surface area contributed by atoms with Crippen molar-refractivity contribution in [2.45, 2.75) is 0 Å². The van der Waals surface area contributed by atoms with E-state index in [1.807, 2.05) is 18.2 Å². The number of nitrogens with zero attached hydrogens (tertiary/aromatic N) is 1. The molecule has 0 aliphatic heterocycles. The molecule has 0 atom stereocenters. The van der Waals surface area contributed by atoms with Crippen LogP contribution < -0.4 is 32.8 Å². The average Bonchev–Trinajstić information content (AvgIpc) is 3.08. The number of para-hydroxylation sites is 1. The van der Waals surface area contributed by atoms with Crippen molar-refractivity contribution in [2.24, 2.45) is 5.84 Å². The van der Waals surface area contributed by atoms with Gasteiger partial charge in [-0.05, 0) is 23.6 Å². The fraction of sp³-hybridized carbons (Fsp3) is 0. The second kappa shape index (κ2) is 6.29. The van der Waals surface area contributed by atoms with Crippen molar-refractivity contribution in [3.63, 3.8) is 0 Å². The van der Waals surface area contributed by atoms with Gasteiger partial charge in [0.25, 0.3) is 0 Å². The summed E-state index contributed by atoms with van der Waals surface area (Å²) in [6.07, 6.45) is 0. The number of anilines is 1. The molecular formula is C13H12BrN3S2. The third kappa shape index (κ3) is 2.71. The lowest BCUT2D eigenvalue weighted by Crippen LogP contribution is -3.00. The van der Waals surface area contributed by atoms with E-state index in [1.165, 1.54) is 4.88 Å². The molecule has 1 aromatic carbocycles. The van der Waals surface area contributed by atoms with Gasteiger partial charge in [-0.15, -0.1) is 11.3 Å². The molecule has 3 rings (SSSR count). The summed E-state index contributed by atoms with van der Waals surface area (Å²) in [5.74, 6) is 5.60.